The first-order valence-electron chi connectivity index (χ1n) is 8.06. The molecule has 2 aliphatic rings. The summed E-state index contributed by atoms with van der Waals surface area (Å²) in [5, 5.41) is 20.3. The first-order valence-corrected chi connectivity index (χ1v) is 8.06. The number of ether oxygens (including phenoxy) is 1. The van der Waals surface area contributed by atoms with Gasteiger partial charge in [0.2, 0.25) is 0 Å². The average Bonchev–Trinajstić information content (AvgIpc) is 2.46. The number of hydrogen-bond acceptors (Lipinski definition) is 3. The number of rotatable bonds is 2. The lowest BCUT2D eigenvalue weighted by Gasteiger charge is -2.43. The third-order valence-electron chi connectivity index (χ3n) is 5.50. The molecule has 114 valence electrons. The Kier molecular flexibility index (Phi) is 4.76. The minimum absolute atomic E-state index is 0.273. The highest BCUT2D eigenvalue weighted by Crippen LogP contribution is 2.44. The van der Waals surface area contributed by atoms with E-state index in [0.717, 1.165) is 38.2 Å². The van der Waals surface area contributed by atoms with Gasteiger partial charge in [0.1, 0.15) is 5.41 Å². The molecule has 0 aromatic carbocycles. The molecule has 1 heterocycles. The molecule has 3 heteroatoms. The number of nitriles is 1. The minimum Gasteiger partial charge on any atom is -0.391 e. The zero-order valence-corrected chi connectivity index (χ0v) is 13.2. The van der Waals surface area contributed by atoms with Gasteiger partial charge < -0.3 is 9.84 Å². The van der Waals surface area contributed by atoms with E-state index in [2.05, 4.69) is 26.8 Å². The summed E-state index contributed by atoms with van der Waals surface area (Å²) in [7, 11) is 0. The summed E-state index contributed by atoms with van der Waals surface area (Å²) in [6, 6.07) is 2.38. The van der Waals surface area contributed by atoms with Crippen molar-refractivity contribution in [2.24, 2.45) is 22.7 Å². The summed E-state index contributed by atoms with van der Waals surface area (Å²) >= 11 is 0. The zero-order valence-electron chi connectivity index (χ0n) is 13.2. The lowest BCUT2D eigenvalue weighted by molar-refractivity contribution is -0.0819. The molecule has 2 fully saturated rings. The smallest absolute Gasteiger partial charge is 0.107 e. The van der Waals surface area contributed by atoms with E-state index in [0.29, 0.717) is 12.0 Å². The molecule has 2 rings (SSSR count). The Morgan fingerprint density at radius 3 is 2.35 bits per heavy atom. The molecule has 1 N–H and O–H groups in total. The molecular formula is C17H29NO2. The zero-order chi connectivity index (χ0) is 14.8. The molecule has 0 aromatic heterocycles. The van der Waals surface area contributed by atoms with Gasteiger partial charge in [0, 0.05) is 6.61 Å². The summed E-state index contributed by atoms with van der Waals surface area (Å²) in [4.78, 5) is 0. The highest BCUT2D eigenvalue weighted by Gasteiger charge is 2.45. The summed E-state index contributed by atoms with van der Waals surface area (Å²) in [6.45, 7) is 8.05. The van der Waals surface area contributed by atoms with Crippen LogP contribution in [0.1, 0.15) is 59.3 Å². The Labute approximate surface area is 123 Å². The molecular weight excluding hydrogens is 250 g/mol. The molecule has 1 saturated carbocycles. The Balaban J connectivity index is 1.97. The molecule has 3 nitrogen and oxygen atoms in total. The Bertz CT molecular complexity index is 352. The van der Waals surface area contributed by atoms with E-state index in [9.17, 15) is 10.4 Å². The molecule has 0 amide bonds. The maximum Gasteiger partial charge on any atom is 0.107 e. The number of aliphatic hydroxyl groups is 1. The van der Waals surface area contributed by atoms with Gasteiger partial charge in [-0.15, -0.1) is 0 Å². The van der Waals surface area contributed by atoms with Gasteiger partial charge in [-0.3, -0.25) is 0 Å². The predicted molar refractivity (Wildman–Crippen MR) is 79.0 cm³/mol. The fraction of sp³-hybridized carbons (Fsp3) is 0.941. The topological polar surface area (TPSA) is 53.2 Å². The highest BCUT2D eigenvalue weighted by atomic mass is 16.5. The Hall–Kier alpha value is -0.590. The number of nitrogens with zero attached hydrogens (tertiary/aromatic N) is 1. The van der Waals surface area contributed by atoms with E-state index in [1.165, 1.54) is 12.8 Å². The van der Waals surface area contributed by atoms with Gasteiger partial charge in [-0.2, -0.15) is 5.26 Å². The standard InChI is InChI=1S/C17H29NO2/c1-16(2,3)14-7-5-13(6-8-14)15(19)17(11-18)9-4-10-20-12-17/h13-15,19H,4-10,12H2,1-3H3. The first-order chi connectivity index (χ1) is 9.39. The van der Waals surface area contributed by atoms with Crippen LogP contribution in [0.3, 0.4) is 0 Å². The molecule has 0 aromatic rings. The molecule has 2 atom stereocenters. The summed E-state index contributed by atoms with van der Waals surface area (Å²) < 4.78 is 5.48. The second kappa shape index (κ2) is 6.03. The maximum atomic E-state index is 10.7. The van der Waals surface area contributed by atoms with Gasteiger partial charge in [0.15, 0.2) is 0 Å². The fourth-order valence-electron chi connectivity index (χ4n) is 3.96. The van der Waals surface area contributed by atoms with E-state index >= 15 is 0 Å². The lowest BCUT2D eigenvalue weighted by Crippen LogP contribution is -2.46. The summed E-state index contributed by atoms with van der Waals surface area (Å²) in [5.41, 5.74) is -0.297. The normalized spacial score (nSPS) is 37.1. The average molecular weight is 279 g/mol. The van der Waals surface area contributed by atoms with Crippen molar-refractivity contribution in [2.45, 2.75) is 65.4 Å². The van der Waals surface area contributed by atoms with Crippen LogP contribution >= 0.6 is 0 Å². The molecule has 0 bridgehead atoms. The van der Waals surface area contributed by atoms with Crippen LogP contribution in [0.4, 0.5) is 0 Å². The number of aliphatic hydroxyl groups excluding tert-OH is 1. The minimum atomic E-state index is -0.655. The van der Waals surface area contributed by atoms with Crippen molar-refractivity contribution in [3.8, 4) is 6.07 Å². The molecule has 0 radical (unpaired) electrons. The van der Waals surface area contributed by atoms with Gasteiger partial charge in [-0.1, -0.05) is 20.8 Å². The van der Waals surface area contributed by atoms with Crippen molar-refractivity contribution in [1.82, 2.24) is 0 Å². The predicted octanol–water partition coefficient (Wildman–Crippen LogP) is 3.52. The van der Waals surface area contributed by atoms with Crippen LogP contribution < -0.4 is 0 Å². The first kappa shape index (κ1) is 15.8. The SMILES string of the molecule is CC(C)(C)C1CCC(C(O)C2(C#N)CCCOC2)CC1. The van der Waals surface area contributed by atoms with Crippen LogP contribution in [0.5, 0.6) is 0 Å². The van der Waals surface area contributed by atoms with Crippen LogP contribution in [0.25, 0.3) is 0 Å². The van der Waals surface area contributed by atoms with Crippen molar-refractivity contribution in [1.29, 1.82) is 5.26 Å². The van der Waals surface area contributed by atoms with Crippen LogP contribution in [-0.4, -0.2) is 24.4 Å². The van der Waals surface area contributed by atoms with E-state index in [1.54, 1.807) is 0 Å². The van der Waals surface area contributed by atoms with Crippen molar-refractivity contribution >= 4 is 0 Å². The van der Waals surface area contributed by atoms with Gasteiger partial charge in [-0.25, -0.2) is 0 Å². The van der Waals surface area contributed by atoms with Gasteiger partial charge in [0.05, 0.1) is 18.8 Å². The number of hydrogen-bond donors (Lipinski definition) is 1. The van der Waals surface area contributed by atoms with E-state index in [-0.39, 0.29) is 5.92 Å². The molecule has 1 aliphatic carbocycles. The van der Waals surface area contributed by atoms with Gasteiger partial charge >= 0.3 is 0 Å². The molecule has 2 unspecified atom stereocenters. The lowest BCUT2D eigenvalue weighted by atomic mass is 9.65. The maximum absolute atomic E-state index is 10.7. The van der Waals surface area contributed by atoms with Crippen molar-refractivity contribution in [2.75, 3.05) is 13.2 Å². The molecule has 1 saturated heterocycles. The third-order valence-corrected chi connectivity index (χ3v) is 5.50. The van der Waals surface area contributed by atoms with Gasteiger partial charge in [-0.05, 0) is 55.8 Å². The van der Waals surface area contributed by atoms with Crippen LogP contribution in [0, 0.1) is 34.0 Å². The van der Waals surface area contributed by atoms with Crippen LogP contribution in [0.2, 0.25) is 0 Å². The van der Waals surface area contributed by atoms with E-state index in [1.807, 2.05) is 0 Å². The quantitative estimate of drug-likeness (QED) is 0.841. The second-order valence-corrected chi connectivity index (χ2v) is 7.85. The Morgan fingerprint density at radius 1 is 1.25 bits per heavy atom. The van der Waals surface area contributed by atoms with Crippen molar-refractivity contribution in [3.05, 3.63) is 0 Å². The summed E-state index contributed by atoms with van der Waals surface area (Å²) in [5.74, 6) is 1.02. The summed E-state index contributed by atoms with van der Waals surface area (Å²) in [6.07, 6.45) is 5.60. The van der Waals surface area contributed by atoms with Gasteiger partial charge in [0.25, 0.3) is 0 Å². The molecule has 1 aliphatic heterocycles. The van der Waals surface area contributed by atoms with Crippen molar-refractivity contribution in [3.63, 3.8) is 0 Å². The van der Waals surface area contributed by atoms with Crippen LogP contribution in [-0.2, 0) is 4.74 Å². The second-order valence-electron chi connectivity index (χ2n) is 7.85. The fourth-order valence-corrected chi connectivity index (χ4v) is 3.96. The third kappa shape index (κ3) is 3.18. The monoisotopic (exact) mass is 279 g/mol. The van der Waals surface area contributed by atoms with E-state index in [4.69, 9.17) is 4.74 Å². The molecule has 0 spiro atoms. The van der Waals surface area contributed by atoms with Crippen LogP contribution in [0.15, 0.2) is 0 Å². The highest BCUT2D eigenvalue weighted by molar-refractivity contribution is 5.07. The van der Waals surface area contributed by atoms with Crippen molar-refractivity contribution < 1.29 is 9.84 Å². The van der Waals surface area contributed by atoms with E-state index < -0.39 is 11.5 Å². The largest absolute Gasteiger partial charge is 0.391 e. The Morgan fingerprint density at radius 2 is 1.90 bits per heavy atom. The molecule has 20 heavy (non-hydrogen) atoms.